The molecule has 0 aromatic carbocycles. The summed E-state index contributed by atoms with van der Waals surface area (Å²) >= 11 is 0. The van der Waals surface area contributed by atoms with Crippen LogP contribution in [0.1, 0.15) is 68.2 Å². The van der Waals surface area contributed by atoms with E-state index in [2.05, 4.69) is 55.4 Å². The third kappa shape index (κ3) is 4.62. The fourth-order valence-electron chi connectivity index (χ4n) is 3.22. The lowest BCUT2D eigenvalue weighted by molar-refractivity contribution is -0.977. The first-order valence-electron chi connectivity index (χ1n) is 7.57. The van der Waals surface area contributed by atoms with Gasteiger partial charge in [0.15, 0.2) is 0 Å². The van der Waals surface area contributed by atoms with Crippen LogP contribution < -0.4 is 0 Å². The van der Waals surface area contributed by atoms with Gasteiger partial charge in [-0.05, 0) is 26.7 Å². The Morgan fingerprint density at radius 2 is 1.29 bits per heavy atom. The summed E-state index contributed by atoms with van der Waals surface area (Å²) in [7, 11) is 0. The Labute approximate surface area is 110 Å². The minimum atomic E-state index is 0.407. The van der Waals surface area contributed by atoms with Gasteiger partial charge in [0.25, 0.3) is 0 Å². The van der Waals surface area contributed by atoms with E-state index >= 15 is 0 Å². The van der Waals surface area contributed by atoms with Crippen molar-refractivity contribution in [3.05, 3.63) is 0 Å². The lowest BCUT2D eigenvalue weighted by atomic mass is 9.90. The van der Waals surface area contributed by atoms with E-state index in [1.54, 1.807) is 0 Å². The van der Waals surface area contributed by atoms with Gasteiger partial charge in [-0.15, -0.1) is 0 Å². The summed E-state index contributed by atoms with van der Waals surface area (Å²) in [5.41, 5.74) is 0.407. The molecule has 0 saturated carbocycles. The molecule has 1 nitrogen and oxygen atoms in total. The molecule has 0 spiro atoms. The van der Waals surface area contributed by atoms with Crippen LogP contribution >= 0.6 is 0 Å². The van der Waals surface area contributed by atoms with Crippen LogP contribution in [0.2, 0.25) is 0 Å². The van der Waals surface area contributed by atoms with Crippen LogP contribution in [0.25, 0.3) is 0 Å². The average molecular weight is 242 g/mol. The monoisotopic (exact) mass is 242 g/mol. The van der Waals surface area contributed by atoms with Crippen LogP contribution in [0.4, 0.5) is 0 Å². The predicted molar refractivity (Wildman–Crippen MR) is 79.2 cm³/mol. The molecular weight excluding hydrogens is 206 g/mol. The smallest absolute Gasteiger partial charge is 0.0933 e. The van der Waals surface area contributed by atoms with Gasteiger partial charge in [0.05, 0.1) is 25.2 Å². The van der Waals surface area contributed by atoms with Crippen LogP contribution in [0, 0.1) is 11.8 Å². The van der Waals surface area contributed by atoms with E-state index in [0.29, 0.717) is 5.54 Å². The van der Waals surface area contributed by atoms with Crippen LogP contribution in [0.5, 0.6) is 0 Å². The Morgan fingerprint density at radius 3 is 1.53 bits per heavy atom. The zero-order chi connectivity index (χ0) is 13.7. The summed E-state index contributed by atoms with van der Waals surface area (Å²) in [6, 6.07) is 0. The Bertz CT molecular complexity index is 194. The van der Waals surface area contributed by atoms with Crippen molar-refractivity contribution in [3.8, 4) is 0 Å². The van der Waals surface area contributed by atoms with Gasteiger partial charge in [-0.3, -0.25) is 0 Å². The van der Waals surface area contributed by atoms with Crippen LogP contribution in [-0.2, 0) is 0 Å². The molecule has 0 rings (SSSR count). The molecule has 0 atom stereocenters. The molecule has 0 aliphatic rings. The lowest BCUT2D eigenvalue weighted by Crippen LogP contribution is -2.64. The van der Waals surface area contributed by atoms with Crippen LogP contribution in [0.15, 0.2) is 0 Å². The van der Waals surface area contributed by atoms with E-state index in [9.17, 15) is 0 Å². The molecule has 104 valence electrons. The second kappa shape index (κ2) is 6.78. The third-order valence-corrected chi connectivity index (χ3v) is 4.23. The minimum Gasteiger partial charge on any atom is -0.319 e. The molecule has 0 saturated heterocycles. The summed E-state index contributed by atoms with van der Waals surface area (Å²) in [6.45, 7) is 23.1. The highest BCUT2D eigenvalue weighted by Crippen LogP contribution is 2.31. The fourth-order valence-corrected chi connectivity index (χ4v) is 3.22. The zero-order valence-electron chi connectivity index (χ0n) is 13.6. The minimum absolute atomic E-state index is 0.407. The molecule has 0 unspecified atom stereocenters. The van der Waals surface area contributed by atoms with Crippen molar-refractivity contribution in [1.82, 2.24) is 0 Å². The first-order chi connectivity index (χ1) is 7.70. The summed E-state index contributed by atoms with van der Waals surface area (Å²) < 4.78 is 1.30. The average Bonchev–Trinajstić information content (AvgIpc) is 2.15. The predicted octanol–water partition coefficient (Wildman–Crippen LogP) is 4.71. The van der Waals surface area contributed by atoms with Crippen LogP contribution in [-0.4, -0.2) is 29.7 Å². The molecule has 0 heterocycles. The second-order valence-electron chi connectivity index (χ2n) is 7.19. The number of hydrogen-bond donors (Lipinski definition) is 0. The summed E-state index contributed by atoms with van der Waals surface area (Å²) in [4.78, 5) is 0. The van der Waals surface area contributed by atoms with E-state index in [1.807, 2.05) is 0 Å². The standard InChI is InChI=1S/C16H36N/c1-9-11-17(12-14(3)4,13-15(5)6)16(7,8)10-2/h14-15H,9-13H2,1-8H3/q+1. The van der Waals surface area contributed by atoms with Gasteiger partial charge in [-0.25, -0.2) is 0 Å². The maximum Gasteiger partial charge on any atom is 0.0933 e. The molecule has 0 aliphatic carbocycles. The van der Waals surface area contributed by atoms with Gasteiger partial charge in [-0.2, -0.15) is 0 Å². The molecule has 0 aromatic heterocycles. The maximum absolute atomic E-state index is 2.47. The van der Waals surface area contributed by atoms with E-state index in [-0.39, 0.29) is 0 Å². The molecule has 0 radical (unpaired) electrons. The SMILES string of the molecule is CCC[N+](CC(C)C)(CC(C)C)C(C)(C)CC. The maximum atomic E-state index is 2.47. The Balaban J connectivity index is 5.22. The van der Waals surface area contributed by atoms with Crippen molar-refractivity contribution in [2.24, 2.45) is 11.8 Å². The molecule has 1 heteroatoms. The largest absolute Gasteiger partial charge is 0.319 e. The van der Waals surface area contributed by atoms with Crippen molar-refractivity contribution in [3.63, 3.8) is 0 Å². The van der Waals surface area contributed by atoms with Crippen molar-refractivity contribution in [1.29, 1.82) is 0 Å². The highest BCUT2D eigenvalue weighted by atomic mass is 15.4. The molecule has 17 heavy (non-hydrogen) atoms. The van der Waals surface area contributed by atoms with E-state index < -0.39 is 0 Å². The van der Waals surface area contributed by atoms with E-state index in [4.69, 9.17) is 0 Å². The molecule has 0 fully saturated rings. The summed E-state index contributed by atoms with van der Waals surface area (Å²) in [6.07, 6.45) is 2.56. The molecule has 0 aliphatic heterocycles. The van der Waals surface area contributed by atoms with Gasteiger partial charge in [0, 0.05) is 11.8 Å². The number of nitrogens with zero attached hydrogens (tertiary/aromatic N) is 1. The molecule has 0 N–H and O–H groups in total. The summed E-state index contributed by atoms with van der Waals surface area (Å²) in [5.74, 6) is 1.57. The summed E-state index contributed by atoms with van der Waals surface area (Å²) in [5, 5.41) is 0. The third-order valence-electron chi connectivity index (χ3n) is 4.23. The Morgan fingerprint density at radius 1 is 0.882 bits per heavy atom. The Hall–Kier alpha value is -0.0400. The Kier molecular flexibility index (Phi) is 6.76. The number of quaternary nitrogens is 1. The topological polar surface area (TPSA) is 0 Å². The second-order valence-corrected chi connectivity index (χ2v) is 7.19. The quantitative estimate of drug-likeness (QED) is 0.541. The lowest BCUT2D eigenvalue weighted by Gasteiger charge is -2.52. The van der Waals surface area contributed by atoms with Gasteiger partial charge >= 0.3 is 0 Å². The zero-order valence-corrected chi connectivity index (χ0v) is 13.6. The van der Waals surface area contributed by atoms with E-state index in [0.717, 1.165) is 11.8 Å². The number of hydrogen-bond acceptors (Lipinski definition) is 0. The first-order valence-corrected chi connectivity index (χ1v) is 7.57. The van der Waals surface area contributed by atoms with Crippen molar-refractivity contribution in [2.45, 2.75) is 73.8 Å². The fraction of sp³-hybridized carbons (Fsp3) is 1.00. The highest BCUT2D eigenvalue weighted by molar-refractivity contribution is 4.71. The normalized spacial score (nSPS) is 13.8. The molecule has 0 amide bonds. The van der Waals surface area contributed by atoms with Crippen molar-refractivity contribution in [2.75, 3.05) is 19.6 Å². The molecule has 0 aromatic rings. The van der Waals surface area contributed by atoms with Gasteiger partial charge in [0.2, 0.25) is 0 Å². The molecule has 0 bridgehead atoms. The van der Waals surface area contributed by atoms with Crippen LogP contribution in [0.3, 0.4) is 0 Å². The van der Waals surface area contributed by atoms with E-state index in [1.165, 1.54) is 37.0 Å². The van der Waals surface area contributed by atoms with Crippen molar-refractivity contribution < 1.29 is 4.48 Å². The van der Waals surface area contributed by atoms with Crippen molar-refractivity contribution >= 4 is 0 Å². The van der Waals surface area contributed by atoms with Gasteiger partial charge < -0.3 is 4.48 Å². The van der Waals surface area contributed by atoms with Gasteiger partial charge in [-0.1, -0.05) is 41.5 Å². The van der Waals surface area contributed by atoms with Gasteiger partial charge in [0.1, 0.15) is 0 Å². The molecular formula is C16H36N+. The number of rotatable bonds is 8. The first kappa shape index (κ1) is 17.0. The highest BCUT2D eigenvalue weighted by Gasteiger charge is 2.42.